The number of aliphatic carboxylic acids is 1. The number of hydrogen-bond donors (Lipinski definition) is 4. The van der Waals surface area contributed by atoms with Crippen molar-refractivity contribution in [2.24, 2.45) is 0 Å². The van der Waals surface area contributed by atoms with Gasteiger partial charge in [-0.1, -0.05) is 43.6 Å². The molecule has 4 N–H and O–H groups in total. The van der Waals surface area contributed by atoms with Gasteiger partial charge in [0.25, 0.3) is 5.69 Å². The van der Waals surface area contributed by atoms with Crippen LogP contribution in [-0.4, -0.2) is 89.2 Å². The summed E-state index contributed by atoms with van der Waals surface area (Å²) < 4.78 is 58.0. The van der Waals surface area contributed by atoms with Crippen LogP contribution in [0.2, 0.25) is 5.02 Å². The number of benzene rings is 3. The molecule has 15 nitrogen and oxygen atoms in total. The summed E-state index contributed by atoms with van der Waals surface area (Å²) in [6.07, 6.45) is 3.04. The van der Waals surface area contributed by atoms with Gasteiger partial charge >= 0.3 is 18.1 Å². The number of halogens is 5. The molecule has 0 aliphatic heterocycles. The zero-order chi connectivity index (χ0) is 43.4. The molecule has 0 heterocycles. The molecule has 0 fully saturated rings. The number of nitro groups is 1. The zero-order valence-electron chi connectivity index (χ0n) is 31.1. The summed E-state index contributed by atoms with van der Waals surface area (Å²) in [5.41, 5.74) is 0.994. The van der Waals surface area contributed by atoms with Crippen molar-refractivity contribution in [3.05, 3.63) is 92.0 Å². The van der Waals surface area contributed by atoms with Crippen molar-refractivity contribution in [2.45, 2.75) is 32.9 Å². The van der Waals surface area contributed by atoms with Crippen LogP contribution in [0.1, 0.15) is 40.9 Å². The van der Waals surface area contributed by atoms with E-state index in [1.165, 1.54) is 0 Å². The summed E-state index contributed by atoms with van der Waals surface area (Å²) in [6.45, 7) is 3.91. The van der Waals surface area contributed by atoms with E-state index in [4.69, 9.17) is 47.8 Å². The third-order valence-corrected chi connectivity index (χ3v) is 7.53. The summed E-state index contributed by atoms with van der Waals surface area (Å²) in [6, 6.07) is 11.4. The molecule has 312 valence electrons. The SMILES string of the molecule is CCc1cccc(CC)c1N(COC)C(=O)CCl.C[S+](C)C.O=C(O)CNCP(=O)([O-])O.O=C(O)c1cc(Oc2ccc(C(F)(F)F)cc2Cl)ccc1[N+](=O)[O-]. The van der Waals surface area contributed by atoms with Crippen molar-refractivity contribution in [3.8, 4) is 11.5 Å². The Hall–Kier alpha value is -3.94. The predicted octanol–water partition coefficient (Wildman–Crippen LogP) is 6.40. The van der Waals surface area contributed by atoms with Crippen LogP contribution < -0.4 is 19.8 Å². The highest BCUT2D eigenvalue weighted by Gasteiger charge is 2.31. The van der Waals surface area contributed by atoms with Crippen molar-refractivity contribution >= 4 is 70.9 Å². The van der Waals surface area contributed by atoms with Gasteiger partial charge < -0.3 is 34.0 Å². The average molecular weight is 877 g/mol. The number of carbonyl (C=O) groups excluding carboxylic acids is 1. The Labute approximate surface area is 334 Å². The number of aromatic carboxylic acids is 1. The number of nitro benzene ring substituents is 1. The lowest BCUT2D eigenvalue weighted by Gasteiger charge is -2.26. The largest absolute Gasteiger partial charge is 0.778 e. The molecule has 1 unspecified atom stereocenters. The topological polar surface area (TPSA) is 229 Å². The van der Waals surface area contributed by atoms with Crippen LogP contribution >= 0.6 is 30.8 Å². The molecule has 0 spiro atoms. The first kappa shape index (κ1) is 52.1. The standard InChI is InChI=1S/C14H7ClF3NO5.C14H20ClNO2.C3H8NO5P.C3H9S/c15-10-5-7(14(16,17)18)1-4-12(10)24-8-2-3-11(19(22)23)9(6-8)13(20)21;1-4-11-7-6-8-12(5-2)14(11)16(10-18-3)13(17)9-15;5-3(6)1-4-2-10(7,8)9;1-4(2)3/h1-6H,(H,20,21);6-8H,4-5,9-10H2,1-3H3;4H,1-2H2,(H,5,6)(H2,7,8,9);1-3H3/q;;;+1/p-1. The fourth-order valence-corrected chi connectivity index (χ4v) is 4.88. The highest BCUT2D eigenvalue weighted by atomic mass is 35.5. The van der Waals surface area contributed by atoms with Crippen LogP contribution in [0.4, 0.5) is 24.5 Å². The minimum atomic E-state index is -4.58. The van der Waals surface area contributed by atoms with Crippen molar-refractivity contribution < 1.29 is 66.5 Å². The van der Waals surface area contributed by atoms with Crippen molar-refractivity contribution in [3.63, 3.8) is 0 Å². The molecule has 0 bridgehead atoms. The molecule has 0 aliphatic rings. The fourth-order valence-electron chi connectivity index (χ4n) is 4.12. The highest BCUT2D eigenvalue weighted by molar-refractivity contribution is 7.94. The van der Waals surface area contributed by atoms with Crippen molar-refractivity contribution in [1.82, 2.24) is 5.32 Å². The van der Waals surface area contributed by atoms with Crippen LogP contribution in [-0.2, 0) is 48.8 Å². The van der Waals surface area contributed by atoms with Gasteiger partial charge in [-0.05, 0) is 59.1 Å². The summed E-state index contributed by atoms with van der Waals surface area (Å²) in [5, 5.41) is 29.4. The van der Waals surface area contributed by atoms with E-state index in [0.717, 1.165) is 60.0 Å². The van der Waals surface area contributed by atoms with E-state index in [1.54, 1.807) is 12.0 Å². The number of carboxylic acid groups (broad SMARTS) is 2. The molecule has 0 saturated heterocycles. The molecule has 0 aliphatic carbocycles. The predicted molar refractivity (Wildman–Crippen MR) is 207 cm³/mol. The number of para-hydroxylation sites is 1. The number of alkyl halides is 4. The van der Waals surface area contributed by atoms with E-state index in [0.29, 0.717) is 17.0 Å². The Kier molecular flexibility index (Phi) is 23.6. The third-order valence-electron chi connectivity index (χ3n) is 6.38. The van der Waals surface area contributed by atoms with E-state index in [9.17, 15) is 47.1 Å². The minimum Gasteiger partial charge on any atom is -0.778 e. The second kappa shape index (κ2) is 25.3. The van der Waals surface area contributed by atoms with Gasteiger partial charge in [-0.3, -0.25) is 29.9 Å². The van der Waals surface area contributed by atoms with Gasteiger partial charge in [-0.25, -0.2) is 4.79 Å². The number of amides is 1. The van der Waals surface area contributed by atoms with E-state index >= 15 is 0 Å². The smallest absolute Gasteiger partial charge is 0.416 e. The maximum atomic E-state index is 12.6. The lowest BCUT2D eigenvalue weighted by molar-refractivity contribution is -0.385. The zero-order valence-corrected chi connectivity index (χ0v) is 34.3. The van der Waals surface area contributed by atoms with E-state index in [-0.39, 0.29) is 35.0 Å². The normalized spacial score (nSPS) is 11.7. The van der Waals surface area contributed by atoms with Crippen LogP contribution in [0.3, 0.4) is 0 Å². The summed E-state index contributed by atoms with van der Waals surface area (Å²) in [7, 11) is -2.13. The van der Waals surface area contributed by atoms with E-state index in [1.807, 2.05) is 23.5 Å². The molecule has 0 radical (unpaired) electrons. The molecule has 3 aromatic carbocycles. The first-order valence-electron chi connectivity index (χ1n) is 15.9. The van der Waals surface area contributed by atoms with Crippen LogP contribution in [0.25, 0.3) is 0 Å². The molecule has 0 saturated carbocycles. The van der Waals surface area contributed by atoms with Gasteiger partial charge in [0.05, 0.1) is 52.8 Å². The second-order valence-electron chi connectivity index (χ2n) is 11.3. The summed E-state index contributed by atoms with van der Waals surface area (Å²) >= 11 is 11.4. The maximum Gasteiger partial charge on any atom is 0.416 e. The summed E-state index contributed by atoms with van der Waals surface area (Å²) in [5.74, 6) is -3.17. The molecule has 0 aromatic heterocycles. The molecule has 1 atom stereocenters. The Morgan fingerprint density at radius 1 is 1.02 bits per heavy atom. The van der Waals surface area contributed by atoms with E-state index < -0.39 is 60.3 Å². The van der Waals surface area contributed by atoms with Crippen LogP contribution in [0.15, 0.2) is 54.6 Å². The Morgan fingerprint density at radius 3 is 1.96 bits per heavy atom. The quantitative estimate of drug-likeness (QED) is 0.0344. The Morgan fingerprint density at radius 2 is 1.57 bits per heavy atom. The number of ether oxygens (including phenoxy) is 2. The van der Waals surface area contributed by atoms with Crippen LogP contribution in [0, 0.1) is 10.1 Å². The Bertz CT molecular complexity index is 1790. The lowest BCUT2D eigenvalue weighted by Crippen LogP contribution is -2.35. The number of hydrogen-bond acceptors (Lipinski definition) is 10. The van der Waals surface area contributed by atoms with E-state index in [2.05, 4.69) is 32.6 Å². The monoisotopic (exact) mass is 875 g/mol. The second-order valence-corrected chi connectivity index (χ2v) is 16.0. The minimum absolute atomic E-state index is 0.0371. The molecular formula is C34H43Cl2F3N3O12PS. The number of carbonyl (C=O) groups is 3. The number of rotatable bonds is 14. The van der Waals surface area contributed by atoms with Crippen molar-refractivity contribution in [2.75, 3.05) is 56.2 Å². The molecule has 3 aromatic rings. The molecule has 22 heteroatoms. The maximum absolute atomic E-state index is 12.6. The van der Waals surface area contributed by atoms with Gasteiger partial charge in [0.2, 0.25) is 5.91 Å². The third kappa shape index (κ3) is 19.8. The van der Waals surface area contributed by atoms with Gasteiger partial charge in [-0.2, -0.15) is 13.2 Å². The highest BCUT2D eigenvalue weighted by Crippen LogP contribution is 2.37. The van der Waals surface area contributed by atoms with Crippen LogP contribution in [0.5, 0.6) is 11.5 Å². The molecule has 1 amide bonds. The van der Waals surface area contributed by atoms with Gasteiger partial charge in [-0.15, -0.1) is 11.6 Å². The Balaban J connectivity index is 0.000000830. The number of carboxylic acids is 2. The number of nitrogens with one attached hydrogen (secondary N) is 1. The summed E-state index contributed by atoms with van der Waals surface area (Å²) in [4.78, 5) is 62.3. The number of aryl methyl sites for hydroxylation is 2. The van der Waals surface area contributed by atoms with Gasteiger partial charge in [0.1, 0.15) is 37.3 Å². The molecular weight excluding hydrogens is 833 g/mol. The fraction of sp³-hybridized carbons (Fsp3) is 0.382. The number of methoxy groups -OCH3 is 1. The molecule has 56 heavy (non-hydrogen) atoms. The van der Waals surface area contributed by atoms with Gasteiger partial charge in [0, 0.05) is 19.2 Å². The first-order chi connectivity index (χ1) is 25.9. The van der Waals surface area contributed by atoms with Crippen molar-refractivity contribution in [1.29, 1.82) is 0 Å². The number of anilines is 1. The first-order valence-corrected chi connectivity index (χ1v) is 21.0. The van der Waals surface area contributed by atoms with Gasteiger partial charge in [0.15, 0.2) is 0 Å². The lowest BCUT2D eigenvalue weighted by atomic mass is 10.0. The number of nitrogens with zero attached hydrogens (tertiary/aromatic N) is 2. The molecule has 3 rings (SSSR count). The average Bonchev–Trinajstić information content (AvgIpc) is 3.09.